The van der Waals surface area contributed by atoms with E-state index >= 15 is 0 Å². The minimum absolute atomic E-state index is 0.0501. The third-order valence-corrected chi connectivity index (χ3v) is 10.2. The van der Waals surface area contributed by atoms with E-state index in [1.807, 2.05) is 36.4 Å². The Morgan fingerprint density at radius 1 is 0.373 bits per heavy atom. The SMILES string of the molecule is O=C1c2ccc(S(=O)(=O)c3ccc4c(c3)C(=O)N(c3ccc(Oc5ccccc5)cc3)C4=O)cc2C(=O)N1c1ccc(Oc2ccccc2)cc1. The van der Waals surface area contributed by atoms with Crippen molar-refractivity contribution in [2.75, 3.05) is 9.80 Å². The fourth-order valence-corrected chi connectivity index (χ4v) is 7.27. The summed E-state index contributed by atoms with van der Waals surface area (Å²) in [4.78, 5) is 55.0. The lowest BCUT2D eigenvalue weighted by atomic mass is 10.1. The van der Waals surface area contributed by atoms with Crippen LogP contribution in [0, 0.1) is 0 Å². The van der Waals surface area contributed by atoms with Crippen LogP contribution in [0.2, 0.25) is 0 Å². The maximum absolute atomic E-state index is 13.8. The van der Waals surface area contributed by atoms with Gasteiger partial charge in [0.2, 0.25) is 9.84 Å². The number of hydrogen-bond donors (Lipinski definition) is 0. The van der Waals surface area contributed by atoms with Crippen molar-refractivity contribution >= 4 is 44.8 Å². The molecule has 0 atom stereocenters. The average molecular weight is 693 g/mol. The number of hydrogen-bond acceptors (Lipinski definition) is 8. The number of fused-ring (bicyclic) bond motifs is 2. The molecule has 2 aliphatic rings. The zero-order chi connectivity index (χ0) is 35.3. The van der Waals surface area contributed by atoms with Gasteiger partial charge >= 0.3 is 0 Å². The van der Waals surface area contributed by atoms with E-state index in [0.29, 0.717) is 23.0 Å². The summed E-state index contributed by atoms with van der Waals surface area (Å²) in [6.45, 7) is 0. The lowest BCUT2D eigenvalue weighted by Crippen LogP contribution is -2.29. The van der Waals surface area contributed by atoms with Crippen LogP contribution in [0.4, 0.5) is 11.4 Å². The van der Waals surface area contributed by atoms with Crippen LogP contribution < -0.4 is 19.3 Å². The monoisotopic (exact) mass is 692 g/mol. The Balaban J connectivity index is 1.02. The summed E-state index contributed by atoms with van der Waals surface area (Å²) >= 11 is 0. The van der Waals surface area contributed by atoms with Crippen LogP contribution in [-0.2, 0) is 9.84 Å². The van der Waals surface area contributed by atoms with Gasteiger partial charge in [0.25, 0.3) is 23.6 Å². The molecule has 6 aromatic rings. The second kappa shape index (κ2) is 12.2. The minimum Gasteiger partial charge on any atom is -0.457 e. The van der Waals surface area contributed by atoms with E-state index < -0.39 is 33.5 Å². The standard InChI is InChI=1S/C40H24N2O8S/c43-37-33-21-19-31(23-35(33)39(45)41(37)25-11-15-29(16-12-25)49-27-7-3-1-4-8-27)51(47,48)32-20-22-34-36(24-32)40(46)42(38(34)44)26-13-17-30(18-14-26)50-28-9-5-2-6-10-28/h1-24H. The van der Waals surface area contributed by atoms with Crippen molar-refractivity contribution in [2.24, 2.45) is 0 Å². The maximum Gasteiger partial charge on any atom is 0.266 e. The van der Waals surface area contributed by atoms with E-state index in [9.17, 15) is 27.6 Å². The predicted molar refractivity (Wildman–Crippen MR) is 187 cm³/mol. The van der Waals surface area contributed by atoms with E-state index in [0.717, 1.165) is 21.9 Å². The number of imide groups is 2. The van der Waals surface area contributed by atoms with Gasteiger partial charge in [-0.15, -0.1) is 0 Å². The van der Waals surface area contributed by atoms with E-state index in [4.69, 9.17) is 9.47 Å². The molecular formula is C40H24N2O8S. The number of anilines is 2. The zero-order valence-electron chi connectivity index (χ0n) is 26.4. The first kappa shape index (κ1) is 31.4. The quantitative estimate of drug-likeness (QED) is 0.149. The highest BCUT2D eigenvalue weighted by Crippen LogP contribution is 2.36. The van der Waals surface area contributed by atoms with Crippen molar-refractivity contribution in [3.05, 3.63) is 168 Å². The Hall–Kier alpha value is -6.85. The number of nitrogens with zero attached hydrogens (tertiary/aromatic N) is 2. The number of rotatable bonds is 8. The van der Waals surface area contributed by atoms with Crippen LogP contribution in [0.5, 0.6) is 23.0 Å². The fourth-order valence-electron chi connectivity index (χ4n) is 5.96. The summed E-state index contributed by atoms with van der Waals surface area (Å²) in [6, 6.07) is 38.4. The molecule has 0 saturated carbocycles. The Morgan fingerprint density at radius 3 is 1.08 bits per heavy atom. The van der Waals surface area contributed by atoms with Crippen LogP contribution in [0.15, 0.2) is 155 Å². The van der Waals surface area contributed by atoms with Gasteiger partial charge in [-0.25, -0.2) is 18.2 Å². The molecule has 248 valence electrons. The van der Waals surface area contributed by atoms with Gasteiger partial charge in [-0.2, -0.15) is 0 Å². The number of para-hydroxylation sites is 2. The van der Waals surface area contributed by atoms with E-state index in [2.05, 4.69) is 0 Å². The Morgan fingerprint density at radius 2 is 0.706 bits per heavy atom. The van der Waals surface area contributed by atoms with Gasteiger partial charge in [-0.05, 0) is 109 Å². The van der Waals surface area contributed by atoms with Gasteiger partial charge in [0.1, 0.15) is 23.0 Å². The van der Waals surface area contributed by atoms with Crippen molar-refractivity contribution in [1.29, 1.82) is 0 Å². The second-order valence-electron chi connectivity index (χ2n) is 11.6. The summed E-state index contributed by atoms with van der Waals surface area (Å²) < 4.78 is 39.3. The van der Waals surface area contributed by atoms with Crippen LogP contribution in [0.25, 0.3) is 0 Å². The number of carbonyl (C=O) groups is 4. The molecule has 0 bridgehead atoms. The van der Waals surface area contributed by atoms with Crippen molar-refractivity contribution in [2.45, 2.75) is 9.79 Å². The van der Waals surface area contributed by atoms with Crippen molar-refractivity contribution in [3.63, 3.8) is 0 Å². The molecule has 4 amide bonds. The van der Waals surface area contributed by atoms with Crippen molar-refractivity contribution in [1.82, 2.24) is 0 Å². The highest BCUT2D eigenvalue weighted by Gasteiger charge is 2.40. The number of carbonyl (C=O) groups excluding carboxylic acids is 4. The molecule has 0 aromatic heterocycles. The maximum atomic E-state index is 13.8. The molecule has 2 aliphatic heterocycles. The number of benzene rings is 6. The molecule has 0 saturated heterocycles. The summed E-state index contributed by atoms with van der Waals surface area (Å²) in [5.41, 5.74) is 0.516. The summed E-state index contributed by atoms with van der Waals surface area (Å²) in [7, 11) is -4.30. The highest BCUT2D eigenvalue weighted by molar-refractivity contribution is 7.91. The summed E-state index contributed by atoms with van der Waals surface area (Å²) in [5, 5.41) is 0. The van der Waals surface area contributed by atoms with Gasteiger partial charge in [0.15, 0.2) is 0 Å². The third kappa shape index (κ3) is 5.51. The molecule has 0 fully saturated rings. The van der Waals surface area contributed by atoms with Crippen molar-refractivity contribution in [3.8, 4) is 23.0 Å². The molecule has 6 aromatic carbocycles. The largest absolute Gasteiger partial charge is 0.457 e. The average Bonchev–Trinajstić information content (AvgIpc) is 3.56. The molecule has 51 heavy (non-hydrogen) atoms. The fraction of sp³-hybridized carbons (Fsp3) is 0. The molecule has 0 spiro atoms. The Bertz CT molecular complexity index is 2330. The predicted octanol–water partition coefficient (Wildman–Crippen LogP) is 7.71. The lowest BCUT2D eigenvalue weighted by molar-refractivity contribution is 0.0910. The van der Waals surface area contributed by atoms with Gasteiger partial charge in [-0.3, -0.25) is 19.2 Å². The van der Waals surface area contributed by atoms with Gasteiger partial charge in [-0.1, -0.05) is 36.4 Å². The number of amides is 4. The van der Waals surface area contributed by atoms with Crippen LogP contribution >= 0.6 is 0 Å². The van der Waals surface area contributed by atoms with E-state index in [1.54, 1.807) is 72.8 Å². The molecule has 2 heterocycles. The topological polar surface area (TPSA) is 127 Å². The lowest BCUT2D eigenvalue weighted by Gasteiger charge is -2.14. The molecule has 0 N–H and O–H groups in total. The molecule has 0 radical (unpaired) electrons. The summed E-state index contributed by atoms with van der Waals surface area (Å²) in [5.74, 6) is -0.330. The van der Waals surface area contributed by atoms with E-state index in [-0.39, 0.29) is 43.4 Å². The summed E-state index contributed by atoms with van der Waals surface area (Å²) in [6.07, 6.45) is 0. The minimum atomic E-state index is -4.30. The van der Waals surface area contributed by atoms with Crippen molar-refractivity contribution < 1.29 is 37.1 Å². The molecule has 8 rings (SSSR count). The number of ether oxygens (including phenoxy) is 2. The zero-order valence-corrected chi connectivity index (χ0v) is 27.2. The molecular weight excluding hydrogens is 669 g/mol. The molecule has 11 heteroatoms. The molecule has 0 aliphatic carbocycles. The smallest absolute Gasteiger partial charge is 0.266 e. The van der Waals surface area contributed by atoms with Gasteiger partial charge in [0, 0.05) is 0 Å². The second-order valence-corrected chi connectivity index (χ2v) is 13.6. The van der Waals surface area contributed by atoms with E-state index in [1.165, 1.54) is 24.3 Å². The van der Waals surface area contributed by atoms with Gasteiger partial charge in [0.05, 0.1) is 43.4 Å². The molecule has 10 nitrogen and oxygen atoms in total. The first-order valence-electron chi connectivity index (χ1n) is 15.7. The first-order chi connectivity index (χ1) is 24.7. The highest BCUT2D eigenvalue weighted by atomic mass is 32.2. The Kier molecular flexibility index (Phi) is 7.54. The van der Waals surface area contributed by atoms with Crippen LogP contribution in [-0.4, -0.2) is 32.0 Å². The van der Waals surface area contributed by atoms with Crippen LogP contribution in [0.3, 0.4) is 0 Å². The normalized spacial score (nSPS) is 13.7. The van der Waals surface area contributed by atoms with Gasteiger partial charge < -0.3 is 9.47 Å². The third-order valence-electron chi connectivity index (χ3n) is 8.48. The van der Waals surface area contributed by atoms with Crippen LogP contribution in [0.1, 0.15) is 41.4 Å². The molecule has 0 unspecified atom stereocenters. The first-order valence-corrected chi connectivity index (χ1v) is 17.1. The Labute approximate surface area is 291 Å². The number of sulfone groups is 1.